The van der Waals surface area contributed by atoms with Crippen LogP contribution in [0.3, 0.4) is 0 Å². The van der Waals surface area contributed by atoms with Crippen LogP contribution < -0.4 is 0 Å². The lowest BCUT2D eigenvalue weighted by Crippen LogP contribution is -2.50. The fourth-order valence-electron chi connectivity index (χ4n) is 2.58. The van der Waals surface area contributed by atoms with Crippen LogP contribution in [0.5, 0.6) is 0 Å². The van der Waals surface area contributed by atoms with Crippen molar-refractivity contribution in [1.82, 2.24) is 9.80 Å². The van der Waals surface area contributed by atoms with Gasteiger partial charge in [-0.1, -0.05) is 18.2 Å². The maximum Gasteiger partial charge on any atom is 0.256 e. The Bertz CT molecular complexity index is 750. The van der Waals surface area contributed by atoms with Crippen LogP contribution in [-0.2, 0) is 4.79 Å². The third kappa shape index (κ3) is 3.71. The molecule has 0 unspecified atom stereocenters. The van der Waals surface area contributed by atoms with E-state index in [0.29, 0.717) is 26.2 Å². The monoisotopic (exact) mass is 344 g/mol. The molecule has 0 aliphatic carbocycles. The molecule has 0 atom stereocenters. The largest absolute Gasteiger partial charge is 0.336 e. The average Bonchev–Trinajstić information content (AvgIpc) is 3.13. The Morgan fingerprint density at radius 1 is 1.00 bits per heavy atom. The maximum absolute atomic E-state index is 13.7. The highest BCUT2D eigenvalue weighted by atomic mass is 32.1. The van der Waals surface area contributed by atoms with Crippen LogP contribution in [0, 0.1) is 5.82 Å². The van der Waals surface area contributed by atoms with Crippen molar-refractivity contribution in [3.05, 3.63) is 64.1 Å². The first kappa shape index (κ1) is 16.4. The third-order valence-electron chi connectivity index (χ3n) is 3.92. The van der Waals surface area contributed by atoms with Crippen molar-refractivity contribution in [3.63, 3.8) is 0 Å². The number of nitrogens with zero attached hydrogens (tertiary/aromatic N) is 2. The van der Waals surface area contributed by atoms with Gasteiger partial charge >= 0.3 is 0 Å². The first-order valence-corrected chi connectivity index (χ1v) is 8.57. The zero-order valence-corrected chi connectivity index (χ0v) is 13.8. The molecule has 124 valence electrons. The minimum absolute atomic E-state index is 0.0682. The number of thiophene rings is 1. The van der Waals surface area contributed by atoms with Crippen LogP contribution in [0.25, 0.3) is 6.08 Å². The van der Waals surface area contributed by atoms with E-state index in [2.05, 4.69) is 0 Å². The van der Waals surface area contributed by atoms with Gasteiger partial charge in [-0.15, -0.1) is 11.3 Å². The minimum Gasteiger partial charge on any atom is -0.336 e. The molecular formula is C18H17FN2O2S. The van der Waals surface area contributed by atoms with E-state index in [0.717, 1.165) is 4.88 Å². The molecule has 6 heteroatoms. The number of piperazine rings is 1. The summed E-state index contributed by atoms with van der Waals surface area (Å²) < 4.78 is 13.7. The smallest absolute Gasteiger partial charge is 0.256 e. The van der Waals surface area contributed by atoms with Gasteiger partial charge in [0.05, 0.1) is 5.56 Å². The van der Waals surface area contributed by atoms with Gasteiger partial charge in [0.2, 0.25) is 5.91 Å². The fourth-order valence-corrected chi connectivity index (χ4v) is 3.20. The first-order valence-electron chi connectivity index (χ1n) is 7.69. The van der Waals surface area contributed by atoms with Crippen LogP contribution in [0.2, 0.25) is 0 Å². The van der Waals surface area contributed by atoms with Gasteiger partial charge in [0, 0.05) is 37.1 Å². The molecule has 0 N–H and O–H groups in total. The summed E-state index contributed by atoms with van der Waals surface area (Å²) in [4.78, 5) is 28.8. The summed E-state index contributed by atoms with van der Waals surface area (Å²) in [6, 6.07) is 9.84. The van der Waals surface area contributed by atoms with Gasteiger partial charge in [-0.25, -0.2) is 4.39 Å². The molecule has 2 amide bonds. The van der Waals surface area contributed by atoms with Crippen LogP contribution >= 0.6 is 11.3 Å². The Morgan fingerprint density at radius 2 is 1.71 bits per heavy atom. The Kier molecular flexibility index (Phi) is 5.05. The predicted octanol–water partition coefficient (Wildman–Crippen LogP) is 2.89. The highest BCUT2D eigenvalue weighted by Gasteiger charge is 2.25. The molecule has 0 radical (unpaired) electrons. The normalized spacial score (nSPS) is 15.0. The fraction of sp³-hybridized carbons (Fsp3) is 0.222. The second-order valence-electron chi connectivity index (χ2n) is 5.45. The van der Waals surface area contributed by atoms with E-state index in [4.69, 9.17) is 0 Å². The topological polar surface area (TPSA) is 40.6 Å². The number of benzene rings is 1. The van der Waals surface area contributed by atoms with Crippen LogP contribution in [0.15, 0.2) is 47.9 Å². The summed E-state index contributed by atoms with van der Waals surface area (Å²) in [5.74, 6) is -0.907. The number of rotatable bonds is 3. The van der Waals surface area contributed by atoms with Gasteiger partial charge in [-0.3, -0.25) is 9.59 Å². The lowest BCUT2D eigenvalue weighted by atomic mass is 10.1. The second kappa shape index (κ2) is 7.40. The van der Waals surface area contributed by atoms with E-state index in [9.17, 15) is 14.0 Å². The zero-order chi connectivity index (χ0) is 16.9. The van der Waals surface area contributed by atoms with E-state index in [1.165, 1.54) is 12.1 Å². The van der Waals surface area contributed by atoms with Gasteiger partial charge in [0.25, 0.3) is 5.91 Å². The average molecular weight is 344 g/mol. The van der Waals surface area contributed by atoms with E-state index >= 15 is 0 Å². The van der Waals surface area contributed by atoms with Gasteiger partial charge in [-0.05, 0) is 29.7 Å². The molecule has 0 spiro atoms. The summed E-state index contributed by atoms with van der Waals surface area (Å²) in [6.45, 7) is 1.72. The summed E-state index contributed by atoms with van der Waals surface area (Å²) in [6.07, 6.45) is 3.35. The van der Waals surface area contributed by atoms with Crippen molar-refractivity contribution >= 4 is 29.2 Å². The highest BCUT2D eigenvalue weighted by Crippen LogP contribution is 2.14. The molecule has 1 aromatic carbocycles. The number of halogens is 1. The molecular weight excluding hydrogens is 327 g/mol. The van der Waals surface area contributed by atoms with Crippen LogP contribution in [-0.4, -0.2) is 47.8 Å². The number of carbonyl (C=O) groups excluding carboxylic acids is 2. The van der Waals surface area contributed by atoms with Crippen LogP contribution in [0.4, 0.5) is 4.39 Å². The molecule has 1 aliphatic rings. The van der Waals surface area contributed by atoms with Crippen molar-refractivity contribution in [3.8, 4) is 0 Å². The molecule has 24 heavy (non-hydrogen) atoms. The third-order valence-corrected chi connectivity index (χ3v) is 4.75. The molecule has 0 bridgehead atoms. The Morgan fingerprint density at radius 3 is 2.38 bits per heavy atom. The van der Waals surface area contributed by atoms with Crippen molar-refractivity contribution in [1.29, 1.82) is 0 Å². The van der Waals surface area contributed by atoms with Crippen molar-refractivity contribution < 1.29 is 14.0 Å². The van der Waals surface area contributed by atoms with Crippen molar-refractivity contribution in [2.24, 2.45) is 0 Å². The second-order valence-corrected chi connectivity index (χ2v) is 6.43. The van der Waals surface area contributed by atoms with Crippen LogP contribution in [0.1, 0.15) is 15.2 Å². The summed E-state index contributed by atoms with van der Waals surface area (Å²) in [5, 5.41) is 1.96. The number of hydrogen-bond acceptors (Lipinski definition) is 3. The Balaban J connectivity index is 1.56. The van der Waals surface area contributed by atoms with Gasteiger partial charge in [0.15, 0.2) is 0 Å². The van der Waals surface area contributed by atoms with Crippen molar-refractivity contribution in [2.45, 2.75) is 0 Å². The minimum atomic E-state index is -0.514. The predicted molar refractivity (Wildman–Crippen MR) is 92.2 cm³/mol. The summed E-state index contributed by atoms with van der Waals surface area (Å²) in [5.41, 5.74) is 0.0786. The quantitative estimate of drug-likeness (QED) is 0.804. The SMILES string of the molecule is O=C(C=Cc1cccs1)N1CCN(C(=O)c2ccccc2F)CC1. The van der Waals surface area contributed by atoms with E-state index in [1.807, 2.05) is 17.5 Å². The maximum atomic E-state index is 13.7. The molecule has 0 saturated carbocycles. The van der Waals surface area contributed by atoms with Gasteiger partial charge < -0.3 is 9.80 Å². The van der Waals surface area contributed by atoms with E-state index in [-0.39, 0.29) is 17.4 Å². The van der Waals surface area contributed by atoms with E-state index in [1.54, 1.807) is 45.4 Å². The molecule has 2 heterocycles. The van der Waals surface area contributed by atoms with E-state index < -0.39 is 5.82 Å². The number of amides is 2. The molecule has 1 saturated heterocycles. The molecule has 1 fully saturated rings. The molecule has 1 aliphatic heterocycles. The summed E-state index contributed by atoms with van der Waals surface area (Å²) >= 11 is 1.57. The zero-order valence-electron chi connectivity index (χ0n) is 13.0. The molecule has 2 aromatic rings. The number of carbonyl (C=O) groups is 2. The lowest BCUT2D eigenvalue weighted by molar-refractivity contribution is -0.127. The Labute approximate surface area is 143 Å². The standard InChI is InChI=1S/C18H17FN2O2S/c19-16-6-2-1-5-15(16)18(23)21-11-9-20(10-12-21)17(22)8-7-14-4-3-13-24-14/h1-8,13H,9-12H2. The number of hydrogen-bond donors (Lipinski definition) is 0. The molecule has 1 aromatic heterocycles. The highest BCUT2D eigenvalue weighted by molar-refractivity contribution is 7.10. The lowest BCUT2D eigenvalue weighted by Gasteiger charge is -2.34. The van der Waals surface area contributed by atoms with Gasteiger partial charge in [0.1, 0.15) is 5.82 Å². The van der Waals surface area contributed by atoms with Gasteiger partial charge in [-0.2, -0.15) is 0 Å². The summed E-state index contributed by atoms with van der Waals surface area (Å²) in [7, 11) is 0. The molecule has 4 nitrogen and oxygen atoms in total. The van der Waals surface area contributed by atoms with Crippen molar-refractivity contribution in [2.75, 3.05) is 26.2 Å². The molecule has 3 rings (SSSR count). The Hall–Kier alpha value is -2.47. The first-order chi connectivity index (χ1) is 11.6.